The van der Waals surface area contributed by atoms with Gasteiger partial charge in [-0.3, -0.25) is 13.9 Å². The maximum absolute atomic E-state index is 14.1. The standard InChI is InChI=1S/C31H37Cl2N3O4S/c1-4-6-19-34-31(38)28(5-2)35(20-18-24-10-8-7-9-11-24)30(37)22-36(29-21-25(32)14-17-27(29)33)41(39,40)26-15-12-23(3)13-16-26/h7-17,21,28H,4-6,18-20,22H2,1-3H3,(H,34,38)/t28-/m1/s1. The van der Waals surface area contributed by atoms with Gasteiger partial charge in [-0.05, 0) is 62.1 Å². The fraction of sp³-hybridized carbons (Fsp3) is 0.355. The summed E-state index contributed by atoms with van der Waals surface area (Å²) in [6, 6.07) is 19.7. The Morgan fingerprint density at radius 2 is 1.63 bits per heavy atom. The number of hydrogen-bond donors (Lipinski definition) is 1. The number of hydrogen-bond acceptors (Lipinski definition) is 4. The van der Waals surface area contributed by atoms with E-state index in [1.807, 2.05) is 51.1 Å². The van der Waals surface area contributed by atoms with Gasteiger partial charge in [-0.25, -0.2) is 8.42 Å². The molecule has 3 aromatic carbocycles. The molecule has 7 nitrogen and oxygen atoms in total. The van der Waals surface area contributed by atoms with Gasteiger partial charge in [0.15, 0.2) is 0 Å². The highest BCUT2D eigenvalue weighted by Crippen LogP contribution is 2.33. The maximum Gasteiger partial charge on any atom is 0.264 e. The van der Waals surface area contributed by atoms with E-state index in [1.54, 1.807) is 18.2 Å². The lowest BCUT2D eigenvalue weighted by Crippen LogP contribution is -2.53. The summed E-state index contributed by atoms with van der Waals surface area (Å²) >= 11 is 12.7. The van der Waals surface area contributed by atoms with Crippen LogP contribution in [0.2, 0.25) is 10.0 Å². The Morgan fingerprint density at radius 3 is 2.27 bits per heavy atom. The predicted molar refractivity (Wildman–Crippen MR) is 166 cm³/mol. The summed E-state index contributed by atoms with van der Waals surface area (Å²) in [7, 11) is -4.23. The van der Waals surface area contributed by atoms with Crippen molar-refractivity contribution >= 4 is 50.7 Å². The molecule has 0 aliphatic heterocycles. The van der Waals surface area contributed by atoms with Crippen LogP contribution in [-0.4, -0.2) is 50.8 Å². The second kappa shape index (κ2) is 15.2. The summed E-state index contributed by atoms with van der Waals surface area (Å²) in [6.45, 7) is 5.88. The van der Waals surface area contributed by atoms with Gasteiger partial charge in [0.05, 0.1) is 15.6 Å². The molecule has 0 heterocycles. The number of nitrogens with one attached hydrogen (secondary N) is 1. The Bertz CT molecular complexity index is 1420. The fourth-order valence-corrected chi connectivity index (χ4v) is 6.29. The molecule has 0 bridgehead atoms. The van der Waals surface area contributed by atoms with Crippen molar-refractivity contribution < 1.29 is 18.0 Å². The normalized spacial score (nSPS) is 12.0. The number of benzene rings is 3. The average molecular weight is 619 g/mol. The van der Waals surface area contributed by atoms with Crippen molar-refractivity contribution in [2.24, 2.45) is 0 Å². The molecule has 220 valence electrons. The summed E-state index contributed by atoms with van der Waals surface area (Å²) in [5, 5.41) is 3.32. The highest BCUT2D eigenvalue weighted by Gasteiger charge is 2.34. The van der Waals surface area contributed by atoms with E-state index in [4.69, 9.17) is 23.2 Å². The summed E-state index contributed by atoms with van der Waals surface area (Å²) in [6.07, 6.45) is 2.59. The molecule has 1 atom stereocenters. The zero-order chi connectivity index (χ0) is 30.0. The topological polar surface area (TPSA) is 86.8 Å². The van der Waals surface area contributed by atoms with Crippen molar-refractivity contribution in [2.75, 3.05) is 23.9 Å². The van der Waals surface area contributed by atoms with Crippen molar-refractivity contribution in [3.05, 3.63) is 94.0 Å². The smallest absolute Gasteiger partial charge is 0.264 e. The third-order valence-corrected chi connectivity index (χ3v) is 9.09. The van der Waals surface area contributed by atoms with E-state index in [-0.39, 0.29) is 33.1 Å². The van der Waals surface area contributed by atoms with Crippen LogP contribution < -0.4 is 9.62 Å². The van der Waals surface area contributed by atoms with Gasteiger partial charge in [-0.2, -0.15) is 0 Å². The highest BCUT2D eigenvalue weighted by molar-refractivity contribution is 7.92. The van der Waals surface area contributed by atoms with Crippen LogP contribution in [0.4, 0.5) is 5.69 Å². The van der Waals surface area contributed by atoms with E-state index in [2.05, 4.69) is 5.32 Å². The second-order valence-electron chi connectivity index (χ2n) is 9.81. The summed E-state index contributed by atoms with van der Waals surface area (Å²) < 4.78 is 28.9. The van der Waals surface area contributed by atoms with E-state index in [0.29, 0.717) is 19.4 Å². The van der Waals surface area contributed by atoms with E-state index < -0.39 is 28.5 Å². The van der Waals surface area contributed by atoms with Gasteiger partial charge in [0, 0.05) is 18.1 Å². The van der Waals surface area contributed by atoms with Crippen molar-refractivity contribution in [3.8, 4) is 0 Å². The minimum Gasteiger partial charge on any atom is -0.354 e. The van der Waals surface area contributed by atoms with Gasteiger partial charge in [-0.1, -0.05) is 91.5 Å². The molecule has 10 heteroatoms. The average Bonchev–Trinajstić information content (AvgIpc) is 2.96. The molecular formula is C31H37Cl2N3O4S. The summed E-state index contributed by atoms with van der Waals surface area (Å²) in [5.41, 5.74) is 1.96. The Labute approximate surface area is 253 Å². The summed E-state index contributed by atoms with van der Waals surface area (Å²) in [5.74, 6) is -0.791. The number of anilines is 1. The van der Waals surface area contributed by atoms with Crippen molar-refractivity contribution in [1.82, 2.24) is 10.2 Å². The number of amides is 2. The van der Waals surface area contributed by atoms with Crippen LogP contribution in [0.5, 0.6) is 0 Å². The quantitative estimate of drug-likeness (QED) is 0.216. The maximum atomic E-state index is 14.1. The Morgan fingerprint density at radius 1 is 0.951 bits per heavy atom. The van der Waals surface area contributed by atoms with Crippen molar-refractivity contribution in [2.45, 2.75) is 57.4 Å². The van der Waals surface area contributed by atoms with Gasteiger partial charge >= 0.3 is 0 Å². The summed E-state index contributed by atoms with van der Waals surface area (Å²) in [4.78, 5) is 28.8. The first-order valence-corrected chi connectivity index (χ1v) is 15.9. The van der Waals surface area contributed by atoms with E-state index in [0.717, 1.165) is 28.3 Å². The van der Waals surface area contributed by atoms with Crippen LogP contribution in [0.15, 0.2) is 77.7 Å². The number of carbonyl (C=O) groups is 2. The second-order valence-corrected chi connectivity index (χ2v) is 12.5. The number of carbonyl (C=O) groups excluding carboxylic acids is 2. The first-order chi connectivity index (χ1) is 19.6. The minimum absolute atomic E-state index is 0.00660. The highest BCUT2D eigenvalue weighted by atomic mass is 35.5. The molecule has 0 saturated carbocycles. The lowest BCUT2D eigenvalue weighted by molar-refractivity contribution is -0.139. The minimum atomic E-state index is -4.23. The molecule has 0 saturated heterocycles. The number of halogens is 2. The molecule has 0 fully saturated rings. The number of nitrogens with zero attached hydrogens (tertiary/aromatic N) is 2. The monoisotopic (exact) mass is 617 g/mol. The van der Waals surface area contributed by atoms with Crippen LogP contribution >= 0.6 is 23.2 Å². The molecular weight excluding hydrogens is 581 g/mol. The van der Waals surface area contributed by atoms with Gasteiger partial charge < -0.3 is 10.2 Å². The Balaban J connectivity index is 2.02. The van der Waals surface area contributed by atoms with Crippen molar-refractivity contribution in [3.63, 3.8) is 0 Å². The first kappa shape index (κ1) is 32.4. The van der Waals surface area contributed by atoms with Crippen LogP contribution in [0.25, 0.3) is 0 Å². The Hall–Kier alpha value is -3.07. The lowest BCUT2D eigenvalue weighted by atomic mass is 10.1. The zero-order valence-corrected chi connectivity index (χ0v) is 26.0. The SMILES string of the molecule is CCCCNC(=O)[C@@H](CC)N(CCc1ccccc1)C(=O)CN(c1cc(Cl)ccc1Cl)S(=O)(=O)c1ccc(C)cc1. The number of sulfonamides is 1. The van der Waals surface area contributed by atoms with Crippen LogP contribution in [-0.2, 0) is 26.0 Å². The van der Waals surface area contributed by atoms with Gasteiger partial charge in [0.25, 0.3) is 10.0 Å². The zero-order valence-electron chi connectivity index (χ0n) is 23.6. The van der Waals surface area contributed by atoms with Crippen molar-refractivity contribution in [1.29, 1.82) is 0 Å². The largest absolute Gasteiger partial charge is 0.354 e. The number of rotatable bonds is 14. The molecule has 0 spiro atoms. The molecule has 3 aromatic rings. The van der Waals surface area contributed by atoms with E-state index in [9.17, 15) is 18.0 Å². The van der Waals surface area contributed by atoms with E-state index >= 15 is 0 Å². The van der Waals surface area contributed by atoms with Crippen LogP contribution in [0.1, 0.15) is 44.2 Å². The molecule has 0 aliphatic rings. The molecule has 2 amide bonds. The lowest BCUT2D eigenvalue weighted by Gasteiger charge is -2.33. The molecule has 3 rings (SSSR count). The molecule has 1 N–H and O–H groups in total. The number of unbranched alkanes of at least 4 members (excludes halogenated alkanes) is 1. The fourth-order valence-electron chi connectivity index (χ4n) is 4.43. The number of aryl methyl sites for hydroxylation is 1. The van der Waals surface area contributed by atoms with E-state index in [1.165, 1.54) is 29.2 Å². The first-order valence-electron chi connectivity index (χ1n) is 13.7. The third kappa shape index (κ3) is 8.71. The van der Waals surface area contributed by atoms with Gasteiger partial charge in [0.2, 0.25) is 11.8 Å². The third-order valence-electron chi connectivity index (χ3n) is 6.76. The van der Waals surface area contributed by atoms with Crippen LogP contribution in [0.3, 0.4) is 0 Å². The molecule has 0 radical (unpaired) electrons. The molecule has 0 aromatic heterocycles. The van der Waals surface area contributed by atoms with Crippen LogP contribution in [0, 0.1) is 6.92 Å². The molecule has 41 heavy (non-hydrogen) atoms. The predicted octanol–water partition coefficient (Wildman–Crippen LogP) is 6.26. The Kier molecular flexibility index (Phi) is 12.1. The molecule has 0 aliphatic carbocycles. The van der Waals surface area contributed by atoms with Gasteiger partial charge in [0.1, 0.15) is 12.6 Å². The molecule has 0 unspecified atom stereocenters. The van der Waals surface area contributed by atoms with Gasteiger partial charge in [-0.15, -0.1) is 0 Å².